The zero-order valence-corrected chi connectivity index (χ0v) is 45.9. The molecule has 0 spiro atoms. The number of ether oxygens (including phenoxy) is 3. The van der Waals surface area contributed by atoms with Gasteiger partial charge in [0, 0.05) is 67.3 Å². The van der Waals surface area contributed by atoms with Gasteiger partial charge in [0.25, 0.3) is 0 Å². The van der Waals surface area contributed by atoms with E-state index in [0.717, 1.165) is 35.1 Å². The smallest absolute Gasteiger partial charge is 1.00 e. The number of carbonyl (C=O) groups excluding carboxylic acids is 1. The molecule has 67 heavy (non-hydrogen) atoms. The van der Waals surface area contributed by atoms with Gasteiger partial charge in [-0.1, -0.05) is 107 Å². The van der Waals surface area contributed by atoms with Crippen molar-refractivity contribution >= 4 is 82.5 Å². The minimum atomic E-state index is -0.981. The molecule has 1 aliphatic rings. The summed E-state index contributed by atoms with van der Waals surface area (Å²) in [6, 6.07) is 45.7. The summed E-state index contributed by atoms with van der Waals surface area (Å²) in [5, 5.41) is 34.9. The average Bonchev–Trinajstić information content (AvgIpc) is 3.93. The Morgan fingerprint density at radius 2 is 1.12 bits per heavy atom. The van der Waals surface area contributed by atoms with E-state index >= 15 is 0 Å². The number of aliphatic hydroxyl groups excluding tert-OH is 4. The molecule has 362 valence electrons. The van der Waals surface area contributed by atoms with Crippen LogP contribution in [-0.2, 0) is 32.2 Å². The van der Waals surface area contributed by atoms with Crippen LogP contribution in [-0.4, -0.2) is 89.4 Å². The largest absolute Gasteiger partial charge is 2.00 e. The van der Waals surface area contributed by atoms with Crippen LogP contribution in [0.3, 0.4) is 0 Å². The molecule has 1 saturated heterocycles. The molecule has 0 bridgehead atoms. The third-order valence-corrected chi connectivity index (χ3v) is 8.10. The van der Waals surface area contributed by atoms with Gasteiger partial charge in [-0.15, -0.1) is 12.1 Å². The first-order valence-electron chi connectivity index (χ1n) is 20.0. The number of aldehydes is 1. The number of hydrogen-bond donors (Lipinski definition) is 4. The molecule has 8 nitrogen and oxygen atoms in total. The third kappa shape index (κ3) is 40.1. The van der Waals surface area contributed by atoms with Gasteiger partial charge in [0.2, 0.25) is 0 Å². The van der Waals surface area contributed by atoms with Gasteiger partial charge < -0.3 is 56.4 Å². The molecule has 4 N–H and O–H groups in total. The maximum atomic E-state index is 13.0. The Hall–Kier alpha value is -2.38. The summed E-state index contributed by atoms with van der Waals surface area (Å²) in [6.45, 7) is 4.82. The predicted octanol–water partition coefficient (Wildman–Crippen LogP) is 8.73. The molecule has 0 aromatic heterocycles. The standard InChI is InChI=1S/C15H15FO2.C9H10O2.C8H9FO2.C6H4BrF.C6H4F.C4H8O.C2H6O.BrH.I2.Mg/c16-14-8-4-7-13(9-14)15(17)11-18-10-12-5-2-1-3-6-12;10-6-7-11-8-9-4-2-1-3-5-9;9-7-3-1-2-6(4-7)8(11)5-10;7-5-2-1-3-6(8)4-5;7-6-4-2-1-3-5-6;1-2-4-5-3-1;1-2-3;;1-2;/h1-9,15,17H,10-11H2;1-6H,7-8H2;1-4,8,10-11H,5H2;1-4H;1-2,4-5H;1-4H2;3H,2H2,1H3;1H;;/q;;;;-1;;;;;+2/p-1. The van der Waals surface area contributed by atoms with Crippen LogP contribution in [0.15, 0.2) is 162 Å². The van der Waals surface area contributed by atoms with Crippen molar-refractivity contribution in [2.45, 2.75) is 45.2 Å². The van der Waals surface area contributed by atoms with Crippen molar-refractivity contribution < 1.29 is 74.0 Å². The van der Waals surface area contributed by atoms with Crippen molar-refractivity contribution in [3.63, 3.8) is 0 Å². The molecule has 0 amide bonds. The Bertz CT molecular complexity index is 1980. The summed E-state index contributed by atoms with van der Waals surface area (Å²) < 4.78 is 65.6. The van der Waals surface area contributed by atoms with Gasteiger partial charge in [0.1, 0.15) is 42.6 Å². The number of rotatable bonds is 11. The van der Waals surface area contributed by atoms with Gasteiger partial charge in [-0.2, -0.15) is 18.2 Å². The summed E-state index contributed by atoms with van der Waals surface area (Å²) in [5.41, 5.74) is 3.06. The molecule has 17 heteroatoms. The second-order valence-corrected chi connectivity index (χ2v) is 13.7. The SMILES string of the molecule is C1CCOC1.CCO.Fc1c[c-]ccc1.Fc1cccc(Br)c1.II.O=CCOCc1ccccc1.OC(COCc1ccccc1)c1cccc(F)c1.OCC(O)c1cccc(F)c1.[Br-].[Mg+2]. The third-order valence-electron chi connectivity index (χ3n) is 7.61. The van der Waals surface area contributed by atoms with Crippen molar-refractivity contribution in [2.75, 3.05) is 39.6 Å². The van der Waals surface area contributed by atoms with Crippen LogP contribution in [0.5, 0.6) is 0 Å². The summed E-state index contributed by atoms with van der Waals surface area (Å²) in [6.07, 6.45) is 1.53. The van der Waals surface area contributed by atoms with Crippen molar-refractivity contribution in [3.05, 3.63) is 214 Å². The molecule has 7 rings (SSSR count). The quantitative estimate of drug-likeness (QED) is 0.0254. The fraction of sp³-hybridized carbons (Fsp3) is 0.260. The molecule has 1 fully saturated rings. The van der Waals surface area contributed by atoms with Gasteiger partial charge in [-0.05, 0) is 84.5 Å². The molecular weight excluding hydrogens is 1240 g/mol. The Morgan fingerprint density at radius 3 is 1.46 bits per heavy atom. The van der Waals surface area contributed by atoms with Gasteiger partial charge in [-0.25, -0.2) is 13.2 Å². The van der Waals surface area contributed by atoms with Gasteiger partial charge >= 0.3 is 23.1 Å². The molecular formula is C50H56Br2F4I2MgO8. The van der Waals surface area contributed by atoms with Crippen molar-refractivity contribution in [3.8, 4) is 0 Å². The Kier molecular flexibility index (Phi) is 50.0. The Labute approximate surface area is 450 Å². The summed E-state index contributed by atoms with van der Waals surface area (Å²) in [4.78, 5) is 9.87. The van der Waals surface area contributed by atoms with Crippen LogP contribution in [0, 0.1) is 29.3 Å². The van der Waals surface area contributed by atoms with E-state index in [0.29, 0.717) is 24.3 Å². The van der Waals surface area contributed by atoms with E-state index in [1.165, 1.54) is 67.4 Å². The van der Waals surface area contributed by atoms with E-state index in [4.69, 9.17) is 29.5 Å². The van der Waals surface area contributed by atoms with Gasteiger partial charge in [-0.3, -0.25) is 4.39 Å². The zero-order chi connectivity index (χ0) is 48.3. The fourth-order valence-corrected chi connectivity index (χ4v) is 5.00. The number of halogens is 8. The van der Waals surface area contributed by atoms with E-state index in [1.54, 1.807) is 49.4 Å². The molecule has 6 aromatic carbocycles. The summed E-state index contributed by atoms with van der Waals surface area (Å²) in [5.74, 6) is -1.20. The van der Waals surface area contributed by atoms with Crippen LogP contribution in [0.2, 0.25) is 0 Å². The van der Waals surface area contributed by atoms with Gasteiger partial charge in [0.15, 0.2) is 0 Å². The maximum absolute atomic E-state index is 13.0. The number of carbonyl (C=O) groups is 1. The fourth-order valence-electron chi connectivity index (χ4n) is 4.63. The first-order valence-corrected chi connectivity index (χ1v) is 27.1. The number of aliphatic hydroxyl groups is 4. The van der Waals surface area contributed by atoms with Crippen LogP contribution in [0.1, 0.15) is 54.2 Å². The molecule has 0 saturated carbocycles. The van der Waals surface area contributed by atoms with E-state index in [-0.39, 0.29) is 83.9 Å². The average molecular weight is 1300 g/mol. The zero-order valence-electron chi connectivity index (χ0n) is 37.0. The van der Waals surface area contributed by atoms with Crippen molar-refractivity contribution in [2.24, 2.45) is 0 Å². The summed E-state index contributed by atoms with van der Waals surface area (Å²) >= 11 is 7.36. The van der Waals surface area contributed by atoms with E-state index < -0.39 is 18.0 Å². The normalized spacial score (nSPS) is 11.2. The van der Waals surface area contributed by atoms with Gasteiger partial charge in [0.05, 0.1) is 26.4 Å². The second-order valence-electron chi connectivity index (χ2n) is 12.8. The molecule has 2 atom stereocenters. The van der Waals surface area contributed by atoms with E-state index in [1.807, 2.05) is 60.7 Å². The molecule has 0 aliphatic carbocycles. The predicted molar refractivity (Wildman–Crippen MR) is 274 cm³/mol. The first kappa shape index (κ1) is 68.9. The maximum Gasteiger partial charge on any atom is 2.00 e. The van der Waals surface area contributed by atoms with Crippen molar-refractivity contribution in [1.82, 2.24) is 0 Å². The molecule has 1 aliphatic heterocycles. The van der Waals surface area contributed by atoms with Crippen LogP contribution >= 0.6 is 53.2 Å². The Morgan fingerprint density at radius 1 is 0.672 bits per heavy atom. The van der Waals surface area contributed by atoms with E-state index in [9.17, 15) is 27.5 Å². The summed E-state index contributed by atoms with van der Waals surface area (Å²) in [7, 11) is 0. The second kappa shape index (κ2) is 48.6. The topological polar surface area (TPSA) is 126 Å². The number of benzene rings is 6. The first-order chi connectivity index (χ1) is 31.5. The molecule has 0 radical (unpaired) electrons. The molecule has 1 heterocycles. The molecule has 6 aromatic rings. The van der Waals surface area contributed by atoms with Crippen LogP contribution in [0.4, 0.5) is 17.6 Å². The Balaban J connectivity index is -0.000000742. The monoisotopic (exact) mass is 1300 g/mol. The van der Waals surface area contributed by atoms with E-state index in [2.05, 4.69) is 59.2 Å². The van der Waals surface area contributed by atoms with Crippen LogP contribution in [0.25, 0.3) is 0 Å². The number of hydrogen-bond acceptors (Lipinski definition) is 8. The minimum Gasteiger partial charge on any atom is -1.00 e. The molecule has 2 unspecified atom stereocenters. The van der Waals surface area contributed by atoms with Crippen molar-refractivity contribution in [1.29, 1.82) is 0 Å². The minimum absolute atomic E-state index is 0. The van der Waals surface area contributed by atoms with Crippen LogP contribution < -0.4 is 17.0 Å².